The van der Waals surface area contributed by atoms with Crippen LogP contribution < -0.4 is 0 Å². The second-order valence-electron chi connectivity index (χ2n) is 4.10. The smallest absolute Gasteiger partial charge is 0.136 e. The molecule has 1 saturated heterocycles. The first-order valence-corrected chi connectivity index (χ1v) is 9.32. The summed E-state index contributed by atoms with van der Waals surface area (Å²) in [6.07, 6.45) is 0. The Morgan fingerprint density at radius 1 is 1.00 bits per heavy atom. The fourth-order valence-corrected chi connectivity index (χ4v) is 10.2. The van der Waals surface area contributed by atoms with E-state index in [4.69, 9.17) is 0 Å². The molecule has 0 nitrogen and oxygen atoms in total. The first-order valence-electron chi connectivity index (χ1n) is 5.38. The normalized spacial score (nSPS) is 30.0. The summed E-state index contributed by atoms with van der Waals surface area (Å²) < 4.78 is 0. The summed E-state index contributed by atoms with van der Waals surface area (Å²) in [4.78, 5) is 6.54. The zero-order valence-electron chi connectivity index (χ0n) is 9.21. The van der Waals surface area contributed by atoms with Crippen LogP contribution in [0.1, 0.15) is 16.7 Å². The molecule has 3 aliphatic heterocycles. The molecule has 80 valence electrons. The molecule has 0 N–H and O–H groups in total. The van der Waals surface area contributed by atoms with Crippen molar-refractivity contribution in [2.45, 2.75) is 13.8 Å². The minimum absolute atomic E-state index is 0.606. The van der Waals surface area contributed by atoms with Gasteiger partial charge in [-0.2, -0.15) is 0 Å². The second-order valence-corrected chi connectivity index (χ2v) is 10.0. The third-order valence-corrected chi connectivity index (χ3v) is 9.91. The van der Waals surface area contributed by atoms with E-state index >= 15 is 0 Å². The van der Waals surface area contributed by atoms with Crippen LogP contribution in [-0.2, 0) is 21.8 Å². The van der Waals surface area contributed by atoms with Gasteiger partial charge >= 0.3 is 0 Å². The fraction of sp³-hybridized carbons (Fsp3) is 0.500. The van der Waals surface area contributed by atoms with Crippen LogP contribution in [-0.4, -0.2) is 23.0 Å². The SMILES string of the molecule is CC1=C(c2ccc(C)s2)[S+]2CC[S+]1CC2. The molecule has 0 radical (unpaired) electrons. The molecule has 0 saturated carbocycles. The molecule has 0 amide bonds. The van der Waals surface area contributed by atoms with E-state index in [2.05, 4.69) is 26.0 Å². The number of allylic oxidation sites excluding steroid dienone is 1. The Balaban J connectivity index is 2.07. The molecule has 0 atom stereocenters. The van der Waals surface area contributed by atoms with Crippen molar-refractivity contribution < 1.29 is 0 Å². The Hall–Kier alpha value is 0.140. The minimum atomic E-state index is 0.606. The largest absolute Gasteiger partial charge is 0.222 e. The lowest BCUT2D eigenvalue weighted by Gasteiger charge is -2.23. The van der Waals surface area contributed by atoms with Crippen molar-refractivity contribution in [3.8, 4) is 0 Å². The number of fused-ring (bicyclic) bond motifs is 2. The molecule has 3 aliphatic rings. The Bertz CT molecular complexity index is 408. The zero-order chi connectivity index (χ0) is 10.4. The van der Waals surface area contributed by atoms with Gasteiger partial charge in [-0.05, 0) is 19.1 Å². The lowest BCUT2D eigenvalue weighted by atomic mass is 10.4. The topological polar surface area (TPSA) is 0 Å². The Kier molecular flexibility index (Phi) is 2.65. The van der Waals surface area contributed by atoms with Crippen LogP contribution in [0.4, 0.5) is 0 Å². The van der Waals surface area contributed by atoms with E-state index in [0.717, 1.165) is 0 Å². The summed E-state index contributed by atoms with van der Waals surface area (Å²) in [6, 6.07) is 4.62. The van der Waals surface area contributed by atoms with Gasteiger partial charge in [-0.1, -0.05) is 0 Å². The fourth-order valence-electron chi connectivity index (χ4n) is 2.32. The van der Waals surface area contributed by atoms with Crippen molar-refractivity contribution in [3.05, 3.63) is 26.8 Å². The van der Waals surface area contributed by atoms with Gasteiger partial charge in [0.1, 0.15) is 0 Å². The molecule has 2 bridgehead atoms. The number of thiophene rings is 1. The van der Waals surface area contributed by atoms with Gasteiger partial charge in [0.2, 0.25) is 4.91 Å². The molecule has 0 unspecified atom stereocenters. The summed E-state index contributed by atoms with van der Waals surface area (Å²) in [5, 5.41) is 0. The molecule has 3 heteroatoms. The van der Waals surface area contributed by atoms with Crippen LogP contribution in [0, 0.1) is 6.92 Å². The van der Waals surface area contributed by atoms with Gasteiger partial charge in [-0.15, -0.1) is 11.3 Å². The predicted octanol–water partition coefficient (Wildman–Crippen LogP) is 3.01. The quantitative estimate of drug-likeness (QED) is 0.678. The first-order chi connectivity index (χ1) is 7.25. The van der Waals surface area contributed by atoms with Gasteiger partial charge in [0, 0.05) is 33.6 Å². The standard InChI is InChI=1S/C12H16S3/c1-9-3-4-11(13-9)12-10(2)14-5-7-15(12)8-6-14/h3-4H,5-8H2,1-2H3/q+2. The Labute approximate surface area is 101 Å². The van der Waals surface area contributed by atoms with Crippen molar-refractivity contribution in [2.75, 3.05) is 23.0 Å². The summed E-state index contributed by atoms with van der Waals surface area (Å²) in [6.45, 7) is 4.61. The maximum absolute atomic E-state index is 2.39. The van der Waals surface area contributed by atoms with E-state index < -0.39 is 0 Å². The van der Waals surface area contributed by atoms with E-state index in [1.807, 2.05) is 11.3 Å². The third kappa shape index (κ3) is 1.69. The number of hydrogen-bond donors (Lipinski definition) is 0. The van der Waals surface area contributed by atoms with Gasteiger partial charge in [-0.3, -0.25) is 0 Å². The Morgan fingerprint density at radius 2 is 1.67 bits per heavy atom. The predicted molar refractivity (Wildman–Crippen MR) is 75.8 cm³/mol. The summed E-state index contributed by atoms with van der Waals surface area (Å²) in [5.74, 6) is 5.94. The molecule has 4 heterocycles. The van der Waals surface area contributed by atoms with Crippen LogP contribution in [0.15, 0.2) is 17.0 Å². The van der Waals surface area contributed by atoms with Crippen molar-refractivity contribution in [1.82, 2.24) is 0 Å². The van der Waals surface area contributed by atoms with E-state index in [-0.39, 0.29) is 0 Å². The highest BCUT2D eigenvalue weighted by Gasteiger charge is 2.49. The van der Waals surface area contributed by atoms with Gasteiger partial charge in [0.15, 0.2) is 27.9 Å². The molecular weight excluding hydrogens is 240 g/mol. The van der Waals surface area contributed by atoms with Crippen molar-refractivity contribution in [1.29, 1.82) is 0 Å². The maximum Gasteiger partial charge on any atom is 0.222 e. The summed E-state index contributed by atoms with van der Waals surface area (Å²) >= 11 is 1.99. The highest BCUT2D eigenvalue weighted by atomic mass is 32.2. The minimum Gasteiger partial charge on any atom is -0.136 e. The summed E-state index contributed by atoms with van der Waals surface area (Å²) in [7, 11) is 1.25. The lowest BCUT2D eigenvalue weighted by molar-refractivity contribution is 1.35. The molecule has 1 aromatic heterocycles. The average molecular weight is 256 g/mol. The number of rotatable bonds is 1. The molecule has 1 aromatic rings. The highest BCUT2D eigenvalue weighted by molar-refractivity contribution is 8.14. The molecule has 0 spiro atoms. The van der Waals surface area contributed by atoms with Gasteiger partial charge < -0.3 is 0 Å². The molecule has 15 heavy (non-hydrogen) atoms. The molecule has 0 aliphatic carbocycles. The molecule has 4 rings (SSSR count). The zero-order valence-corrected chi connectivity index (χ0v) is 11.7. The molecule has 1 fully saturated rings. The van der Waals surface area contributed by atoms with Crippen LogP contribution in [0.5, 0.6) is 0 Å². The average Bonchev–Trinajstić information content (AvgIpc) is 2.66. The van der Waals surface area contributed by atoms with Gasteiger partial charge in [0.05, 0.1) is 4.88 Å². The number of hydrogen-bond acceptors (Lipinski definition) is 1. The van der Waals surface area contributed by atoms with Crippen molar-refractivity contribution >= 4 is 38.0 Å². The van der Waals surface area contributed by atoms with E-state index in [0.29, 0.717) is 21.8 Å². The van der Waals surface area contributed by atoms with Crippen LogP contribution in [0.25, 0.3) is 4.91 Å². The van der Waals surface area contributed by atoms with Crippen LogP contribution in [0.2, 0.25) is 0 Å². The first kappa shape index (κ1) is 10.3. The maximum atomic E-state index is 2.39. The Morgan fingerprint density at radius 3 is 2.20 bits per heavy atom. The van der Waals surface area contributed by atoms with E-state index in [1.54, 1.807) is 14.7 Å². The summed E-state index contributed by atoms with van der Waals surface area (Å²) in [5.41, 5.74) is 0. The number of aryl methyl sites for hydroxylation is 1. The highest BCUT2D eigenvalue weighted by Crippen LogP contribution is 2.41. The van der Waals surface area contributed by atoms with E-state index in [1.165, 1.54) is 27.9 Å². The van der Waals surface area contributed by atoms with Gasteiger partial charge in [-0.25, -0.2) is 0 Å². The van der Waals surface area contributed by atoms with Gasteiger partial charge in [0.25, 0.3) is 0 Å². The van der Waals surface area contributed by atoms with E-state index in [9.17, 15) is 0 Å². The van der Waals surface area contributed by atoms with Crippen molar-refractivity contribution in [3.63, 3.8) is 0 Å². The second kappa shape index (κ2) is 3.86. The lowest BCUT2D eigenvalue weighted by Crippen LogP contribution is -2.39. The van der Waals surface area contributed by atoms with Crippen LogP contribution >= 0.6 is 11.3 Å². The van der Waals surface area contributed by atoms with Crippen LogP contribution in [0.3, 0.4) is 0 Å². The molecular formula is C12H16S3+2. The third-order valence-electron chi connectivity index (χ3n) is 3.16. The van der Waals surface area contributed by atoms with Crippen molar-refractivity contribution in [2.24, 2.45) is 0 Å². The molecule has 0 aromatic carbocycles. The monoisotopic (exact) mass is 256 g/mol.